The van der Waals surface area contributed by atoms with Gasteiger partial charge in [-0.25, -0.2) is 9.97 Å². The number of esters is 1. The minimum Gasteiger partial charge on any atom is -0.494 e. The molecule has 0 saturated carbocycles. The number of carbonyl (C=O) groups is 2. The first-order chi connectivity index (χ1) is 13.6. The summed E-state index contributed by atoms with van der Waals surface area (Å²) in [6.45, 7) is 2.36. The number of benzene rings is 2. The molecule has 0 atom stereocenters. The summed E-state index contributed by atoms with van der Waals surface area (Å²) in [4.78, 5) is 32.6. The van der Waals surface area contributed by atoms with Crippen molar-refractivity contribution in [2.24, 2.45) is 0 Å². The van der Waals surface area contributed by atoms with Gasteiger partial charge in [0.15, 0.2) is 18.2 Å². The largest absolute Gasteiger partial charge is 0.494 e. The van der Waals surface area contributed by atoms with Gasteiger partial charge in [0.25, 0.3) is 0 Å². The number of hydrogen-bond acceptors (Lipinski definition) is 7. The van der Waals surface area contributed by atoms with Crippen molar-refractivity contribution in [1.29, 1.82) is 0 Å². The molecule has 3 rings (SSSR count). The second-order valence-electron chi connectivity index (χ2n) is 6.08. The topological polar surface area (TPSA) is 104 Å². The van der Waals surface area contributed by atoms with Gasteiger partial charge in [-0.3, -0.25) is 9.59 Å². The van der Waals surface area contributed by atoms with Crippen molar-refractivity contribution in [3.05, 3.63) is 59.9 Å². The summed E-state index contributed by atoms with van der Waals surface area (Å²) in [6.07, 6.45) is 0.0443. The number of rotatable bonds is 8. The maximum atomic E-state index is 12.2. The Balaban J connectivity index is 1.51. The van der Waals surface area contributed by atoms with E-state index < -0.39 is 5.97 Å². The van der Waals surface area contributed by atoms with Gasteiger partial charge in [0.05, 0.1) is 18.5 Å². The molecule has 0 aliphatic rings. The number of anilines is 1. The number of nitrogen functional groups attached to an aromatic ring is 1. The van der Waals surface area contributed by atoms with Gasteiger partial charge < -0.3 is 15.2 Å². The zero-order valence-electron chi connectivity index (χ0n) is 15.6. The molecule has 28 heavy (non-hydrogen) atoms. The first-order valence-electron chi connectivity index (χ1n) is 8.99. The number of ketones is 1. The Labute approximate surface area is 162 Å². The average Bonchev–Trinajstić information content (AvgIpc) is 2.71. The number of hydrogen-bond donors (Lipinski definition) is 1. The van der Waals surface area contributed by atoms with Crippen molar-refractivity contribution in [2.45, 2.75) is 26.4 Å². The molecule has 0 saturated heterocycles. The maximum absolute atomic E-state index is 12.2. The van der Waals surface area contributed by atoms with E-state index >= 15 is 0 Å². The molecule has 2 aromatic carbocycles. The van der Waals surface area contributed by atoms with Crippen molar-refractivity contribution >= 4 is 28.5 Å². The third kappa shape index (κ3) is 4.82. The van der Waals surface area contributed by atoms with E-state index in [9.17, 15) is 9.59 Å². The number of Topliss-reactive ketones (excluding diaryl/α,β-unsaturated/α-hetero) is 1. The molecule has 0 aliphatic heterocycles. The van der Waals surface area contributed by atoms with Gasteiger partial charge in [0.2, 0.25) is 0 Å². The van der Waals surface area contributed by atoms with Crippen molar-refractivity contribution in [3.63, 3.8) is 0 Å². The molecular weight excluding hydrogens is 358 g/mol. The monoisotopic (exact) mass is 379 g/mol. The molecule has 1 heterocycles. The summed E-state index contributed by atoms with van der Waals surface area (Å²) < 4.78 is 10.5. The zero-order valence-corrected chi connectivity index (χ0v) is 15.6. The quantitative estimate of drug-likeness (QED) is 0.473. The summed E-state index contributed by atoms with van der Waals surface area (Å²) in [5, 5.41) is 0.749. The van der Waals surface area contributed by atoms with Crippen LogP contribution in [0.3, 0.4) is 0 Å². The van der Waals surface area contributed by atoms with Crippen LogP contribution < -0.4 is 10.5 Å². The number of ether oxygens (including phenoxy) is 2. The molecule has 1 aromatic heterocycles. The lowest BCUT2D eigenvalue weighted by Gasteiger charge is -2.07. The fourth-order valence-corrected chi connectivity index (χ4v) is 2.70. The fourth-order valence-electron chi connectivity index (χ4n) is 2.70. The van der Waals surface area contributed by atoms with Gasteiger partial charge in [0.1, 0.15) is 11.6 Å². The lowest BCUT2D eigenvalue weighted by atomic mass is 10.1. The first-order valence-corrected chi connectivity index (χ1v) is 8.99. The molecule has 7 nitrogen and oxygen atoms in total. The van der Waals surface area contributed by atoms with E-state index in [0.717, 1.165) is 5.39 Å². The Morgan fingerprint density at radius 2 is 1.75 bits per heavy atom. The van der Waals surface area contributed by atoms with Crippen LogP contribution in [0.1, 0.15) is 35.9 Å². The Hall–Kier alpha value is -3.48. The van der Waals surface area contributed by atoms with Crippen LogP contribution in [0.2, 0.25) is 0 Å². The minimum atomic E-state index is -0.491. The second kappa shape index (κ2) is 8.94. The molecule has 0 aliphatic carbocycles. The van der Waals surface area contributed by atoms with Gasteiger partial charge in [-0.1, -0.05) is 12.1 Å². The van der Waals surface area contributed by atoms with Crippen LogP contribution in [0.15, 0.2) is 48.5 Å². The highest BCUT2D eigenvalue weighted by Gasteiger charge is 2.12. The smallest absolute Gasteiger partial charge is 0.306 e. The molecule has 2 N–H and O–H groups in total. The van der Waals surface area contributed by atoms with E-state index in [1.807, 2.05) is 31.2 Å². The highest BCUT2D eigenvalue weighted by molar-refractivity contribution is 5.97. The Morgan fingerprint density at radius 3 is 2.50 bits per heavy atom. The number of aromatic nitrogens is 2. The van der Waals surface area contributed by atoms with Crippen molar-refractivity contribution in [3.8, 4) is 5.75 Å². The van der Waals surface area contributed by atoms with Gasteiger partial charge in [-0.05, 0) is 43.3 Å². The van der Waals surface area contributed by atoms with Crippen molar-refractivity contribution in [2.75, 3.05) is 12.3 Å². The third-order valence-corrected chi connectivity index (χ3v) is 4.08. The Morgan fingerprint density at radius 1 is 1.00 bits per heavy atom. The van der Waals surface area contributed by atoms with E-state index in [0.29, 0.717) is 35.1 Å². The summed E-state index contributed by atoms with van der Waals surface area (Å²) in [5.41, 5.74) is 7.13. The summed E-state index contributed by atoms with van der Waals surface area (Å²) in [5.74, 6) is 0.735. The van der Waals surface area contributed by atoms with Crippen LogP contribution in [-0.2, 0) is 16.1 Å². The fraction of sp³-hybridized carbons (Fsp3) is 0.238. The standard InChI is InChI=1S/C21H21N3O4/c1-2-27-15-9-7-14(8-10-15)18(25)11-12-20(26)28-13-19-23-17-6-4-3-5-16(17)21(22)24-19/h3-10H,2,11-13H2,1H3,(H2,22,23,24). The summed E-state index contributed by atoms with van der Waals surface area (Å²) in [7, 11) is 0. The van der Waals surface area contributed by atoms with Gasteiger partial charge in [-0.2, -0.15) is 0 Å². The number of fused-ring (bicyclic) bond motifs is 1. The number of carbonyl (C=O) groups excluding carboxylic acids is 2. The summed E-state index contributed by atoms with van der Waals surface area (Å²) in [6, 6.07) is 14.2. The van der Waals surface area contributed by atoms with Crippen molar-refractivity contribution < 1.29 is 19.1 Å². The lowest BCUT2D eigenvalue weighted by molar-refractivity contribution is -0.145. The minimum absolute atomic E-state index is 0.0187. The SMILES string of the molecule is CCOc1ccc(C(=O)CCC(=O)OCc2nc(N)c3ccccc3n2)cc1. The molecule has 0 amide bonds. The van der Waals surface area contributed by atoms with Crippen molar-refractivity contribution in [1.82, 2.24) is 9.97 Å². The van der Waals surface area contributed by atoms with Gasteiger partial charge in [0, 0.05) is 17.4 Å². The lowest BCUT2D eigenvalue weighted by Crippen LogP contribution is -2.10. The molecule has 7 heteroatoms. The van der Waals surface area contributed by atoms with E-state index in [1.165, 1.54) is 0 Å². The number of para-hydroxylation sites is 1. The molecule has 0 radical (unpaired) electrons. The number of nitrogens with two attached hydrogens (primary N) is 1. The van der Waals surface area contributed by atoms with Crippen LogP contribution in [-0.4, -0.2) is 28.3 Å². The normalized spacial score (nSPS) is 10.6. The predicted octanol–water partition coefficient (Wildman–Crippen LogP) is 3.32. The van der Waals surface area contributed by atoms with Gasteiger partial charge >= 0.3 is 5.97 Å². The van der Waals surface area contributed by atoms with E-state index in [4.69, 9.17) is 15.2 Å². The van der Waals surface area contributed by atoms with E-state index in [1.54, 1.807) is 24.3 Å². The molecule has 0 spiro atoms. The third-order valence-electron chi connectivity index (χ3n) is 4.08. The summed E-state index contributed by atoms with van der Waals surface area (Å²) >= 11 is 0. The van der Waals surface area contributed by atoms with Crippen LogP contribution in [0.4, 0.5) is 5.82 Å². The van der Waals surface area contributed by atoms with E-state index in [2.05, 4.69) is 9.97 Å². The average molecular weight is 379 g/mol. The van der Waals surface area contributed by atoms with E-state index in [-0.39, 0.29) is 25.2 Å². The maximum Gasteiger partial charge on any atom is 0.306 e. The first kappa shape index (κ1) is 19.3. The van der Waals surface area contributed by atoms with Crippen LogP contribution in [0.5, 0.6) is 5.75 Å². The molecule has 3 aromatic rings. The molecule has 0 bridgehead atoms. The molecule has 0 fully saturated rings. The highest BCUT2D eigenvalue weighted by atomic mass is 16.5. The van der Waals surface area contributed by atoms with Crippen LogP contribution in [0.25, 0.3) is 10.9 Å². The second-order valence-corrected chi connectivity index (χ2v) is 6.08. The highest BCUT2D eigenvalue weighted by Crippen LogP contribution is 2.18. The number of nitrogens with zero attached hydrogens (tertiary/aromatic N) is 2. The predicted molar refractivity (Wildman–Crippen MR) is 105 cm³/mol. The van der Waals surface area contributed by atoms with Crippen LogP contribution >= 0.6 is 0 Å². The molecule has 144 valence electrons. The molecular formula is C21H21N3O4. The molecule has 0 unspecified atom stereocenters. The van der Waals surface area contributed by atoms with Gasteiger partial charge in [-0.15, -0.1) is 0 Å². The Bertz CT molecular complexity index is 987. The van der Waals surface area contributed by atoms with Crippen LogP contribution in [0, 0.1) is 0 Å². The Kier molecular flexibility index (Phi) is 6.16. The zero-order chi connectivity index (χ0) is 19.9.